The molecular weight excluding hydrogens is 555 g/mol. The second-order valence-electron chi connectivity index (χ2n) is 10.5. The molecular formula is C29H26F3N5O5. The Bertz CT molecular complexity index is 1640. The van der Waals surface area contributed by atoms with E-state index < -0.39 is 16.9 Å². The van der Waals surface area contributed by atoms with Crippen molar-refractivity contribution in [2.24, 2.45) is 0 Å². The molecule has 0 spiro atoms. The lowest BCUT2D eigenvalue weighted by Crippen LogP contribution is -2.38. The van der Waals surface area contributed by atoms with E-state index in [0.717, 1.165) is 48.2 Å². The summed E-state index contributed by atoms with van der Waals surface area (Å²) in [5, 5.41) is 11.8. The Kier molecular flexibility index (Phi) is 6.87. The molecule has 1 fully saturated rings. The fourth-order valence-corrected chi connectivity index (χ4v) is 5.12. The molecule has 0 saturated carbocycles. The molecule has 0 N–H and O–H groups in total. The van der Waals surface area contributed by atoms with E-state index in [1.165, 1.54) is 23.9 Å². The van der Waals surface area contributed by atoms with Gasteiger partial charge in [0.05, 0.1) is 12.1 Å². The Hall–Kier alpha value is -4.81. The predicted molar refractivity (Wildman–Crippen MR) is 148 cm³/mol. The van der Waals surface area contributed by atoms with Crippen LogP contribution in [-0.4, -0.2) is 51.1 Å². The van der Waals surface area contributed by atoms with E-state index in [1.54, 1.807) is 16.7 Å². The molecule has 0 amide bonds. The smallest absolute Gasteiger partial charge is 0.489 e. The maximum absolute atomic E-state index is 12.4. The fraction of sp³-hybridized carbons (Fsp3) is 0.310. The van der Waals surface area contributed by atoms with Crippen molar-refractivity contribution in [1.29, 1.82) is 0 Å². The van der Waals surface area contributed by atoms with Crippen molar-refractivity contribution in [3.05, 3.63) is 82.0 Å². The van der Waals surface area contributed by atoms with Crippen LogP contribution in [0.3, 0.4) is 0 Å². The van der Waals surface area contributed by atoms with Crippen LogP contribution in [0.1, 0.15) is 25.3 Å². The van der Waals surface area contributed by atoms with Crippen molar-refractivity contribution in [3.8, 4) is 17.5 Å². The Balaban J connectivity index is 1.04. The van der Waals surface area contributed by atoms with E-state index in [-0.39, 0.29) is 24.2 Å². The second kappa shape index (κ2) is 10.5. The monoisotopic (exact) mass is 581 g/mol. The molecule has 1 saturated heterocycles. The Morgan fingerprint density at radius 1 is 1.07 bits per heavy atom. The molecule has 0 aliphatic carbocycles. The van der Waals surface area contributed by atoms with E-state index in [2.05, 4.69) is 14.6 Å². The molecule has 1 atom stereocenters. The molecule has 2 aliphatic rings. The number of hydrogen-bond donors (Lipinski definition) is 0. The lowest BCUT2D eigenvalue weighted by atomic mass is 10.0. The number of nitro groups is 1. The molecule has 4 heterocycles. The highest BCUT2D eigenvalue weighted by atomic mass is 19.4. The maximum Gasteiger partial charge on any atom is 0.573 e. The molecule has 13 heteroatoms. The zero-order chi connectivity index (χ0) is 29.5. The number of halogens is 3. The van der Waals surface area contributed by atoms with Gasteiger partial charge in [-0.1, -0.05) is 23.8 Å². The van der Waals surface area contributed by atoms with Gasteiger partial charge < -0.3 is 29.2 Å². The van der Waals surface area contributed by atoms with Gasteiger partial charge in [0, 0.05) is 23.5 Å². The minimum absolute atomic E-state index is 0.206. The molecule has 0 radical (unpaired) electrons. The molecule has 2 aromatic heterocycles. The van der Waals surface area contributed by atoms with E-state index >= 15 is 0 Å². The molecule has 2 aliphatic heterocycles. The molecule has 2 aromatic carbocycles. The van der Waals surface area contributed by atoms with Gasteiger partial charge in [-0.2, -0.15) is 0 Å². The highest BCUT2D eigenvalue weighted by Gasteiger charge is 2.41. The van der Waals surface area contributed by atoms with Crippen LogP contribution < -0.4 is 19.1 Å². The number of benzene rings is 2. The lowest BCUT2D eigenvalue weighted by Gasteiger charge is -2.29. The zero-order valence-electron chi connectivity index (χ0n) is 22.5. The Morgan fingerprint density at radius 2 is 1.81 bits per heavy atom. The summed E-state index contributed by atoms with van der Waals surface area (Å²) in [6.07, 6.45) is 0.310. The first-order valence-corrected chi connectivity index (χ1v) is 13.3. The summed E-state index contributed by atoms with van der Waals surface area (Å²) in [6.45, 7) is 4.04. The zero-order valence-corrected chi connectivity index (χ0v) is 22.5. The van der Waals surface area contributed by atoms with Crippen LogP contribution in [0.4, 0.5) is 24.8 Å². The van der Waals surface area contributed by atoms with Crippen LogP contribution in [0, 0.1) is 10.1 Å². The van der Waals surface area contributed by atoms with Gasteiger partial charge in [-0.25, -0.2) is 4.98 Å². The van der Waals surface area contributed by atoms with Crippen molar-refractivity contribution >= 4 is 28.6 Å². The molecule has 10 nitrogen and oxygen atoms in total. The van der Waals surface area contributed by atoms with E-state index in [9.17, 15) is 23.3 Å². The fourth-order valence-electron chi connectivity index (χ4n) is 5.12. The van der Waals surface area contributed by atoms with Crippen LogP contribution in [0.2, 0.25) is 0 Å². The first kappa shape index (κ1) is 27.4. The average molecular weight is 582 g/mol. The van der Waals surface area contributed by atoms with Crippen molar-refractivity contribution in [2.45, 2.75) is 38.3 Å². The molecule has 4 aromatic rings. The Morgan fingerprint density at radius 3 is 2.50 bits per heavy atom. The summed E-state index contributed by atoms with van der Waals surface area (Å²) in [5.41, 5.74) is 2.18. The number of aromatic nitrogens is 3. The third kappa shape index (κ3) is 6.09. The number of pyridine rings is 1. The largest absolute Gasteiger partial charge is 0.573 e. The number of fused-ring (bicyclic) bond motifs is 2. The number of piperidine rings is 1. The van der Waals surface area contributed by atoms with E-state index in [4.69, 9.17) is 14.5 Å². The highest BCUT2D eigenvalue weighted by Crippen LogP contribution is 2.32. The summed E-state index contributed by atoms with van der Waals surface area (Å²) in [5.74, 6) is 1.05. The van der Waals surface area contributed by atoms with Crippen LogP contribution in [-0.2, 0) is 6.54 Å². The normalized spacial score (nSPS) is 18.5. The van der Waals surface area contributed by atoms with Crippen molar-refractivity contribution in [1.82, 2.24) is 14.5 Å². The van der Waals surface area contributed by atoms with Crippen molar-refractivity contribution in [3.63, 3.8) is 0 Å². The second-order valence-corrected chi connectivity index (χ2v) is 10.5. The van der Waals surface area contributed by atoms with Gasteiger partial charge >= 0.3 is 18.2 Å². The number of alkyl halides is 3. The topological polar surface area (TPSA) is 105 Å². The first-order chi connectivity index (χ1) is 20.0. The first-order valence-electron chi connectivity index (χ1n) is 13.3. The molecule has 42 heavy (non-hydrogen) atoms. The quantitative estimate of drug-likeness (QED) is 0.189. The van der Waals surface area contributed by atoms with Crippen LogP contribution in [0.25, 0.3) is 17.0 Å². The third-order valence-corrected chi connectivity index (χ3v) is 7.16. The molecule has 6 rings (SSSR count). The summed E-state index contributed by atoms with van der Waals surface area (Å²) in [6, 6.07) is 15.7. The average Bonchev–Trinajstić information content (AvgIpc) is 3.48. The van der Waals surface area contributed by atoms with Gasteiger partial charge in [0.15, 0.2) is 5.60 Å². The van der Waals surface area contributed by atoms with Crippen LogP contribution in [0.5, 0.6) is 17.5 Å². The van der Waals surface area contributed by atoms with Gasteiger partial charge in [0.25, 0.3) is 0 Å². The molecule has 218 valence electrons. The summed E-state index contributed by atoms with van der Waals surface area (Å²) in [4.78, 5) is 21.3. The van der Waals surface area contributed by atoms with Crippen LogP contribution in [0.15, 0.2) is 66.4 Å². The standard InChI is InChI=1S/C29H26F3N5O5/c1-28(17-36-16-26(37(38)39)34-27(36)42-28)18-40-23-7-8-24-21(15-23)4-9-25(33-24)35-12-10-20(11-13-35)14-19-2-5-22(6-3-19)41-29(30,31)32/h2-9,14-16H,10-13,17-18H2,1H3. The SMILES string of the molecule is CC1(COc2ccc3nc(N4CCC(=Cc5ccc(OC(F)(F)F)cc5)CC4)ccc3c2)Cn2cc([N+](=O)[O-])nc2O1. The number of ether oxygens (including phenoxy) is 3. The molecule has 1 unspecified atom stereocenters. The number of hydrogen-bond acceptors (Lipinski definition) is 8. The number of anilines is 1. The minimum Gasteiger partial charge on any atom is -0.489 e. The van der Waals surface area contributed by atoms with Crippen molar-refractivity contribution < 1.29 is 32.3 Å². The Labute approximate surface area is 238 Å². The van der Waals surface area contributed by atoms with Gasteiger partial charge in [0.2, 0.25) is 0 Å². The van der Waals surface area contributed by atoms with Gasteiger partial charge in [0.1, 0.15) is 30.1 Å². The third-order valence-electron chi connectivity index (χ3n) is 7.16. The summed E-state index contributed by atoms with van der Waals surface area (Å²) in [7, 11) is 0. The number of nitrogens with zero attached hydrogens (tertiary/aromatic N) is 5. The minimum atomic E-state index is -4.70. The highest BCUT2D eigenvalue weighted by molar-refractivity contribution is 5.82. The van der Waals surface area contributed by atoms with Gasteiger partial charge in [-0.05, 0) is 72.7 Å². The van der Waals surface area contributed by atoms with E-state index in [1.807, 2.05) is 43.3 Å². The molecule has 0 bridgehead atoms. The predicted octanol–water partition coefficient (Wildman–Crippen LogP) is 6.15. The maximum atomic E-state index is 12.4. The van der Waals surface area contributed by atoms with Gasteiger partial charge in [-0.15, -0.1) is 13.2 Å². The van der Waals surface area contributed by atoms with Crippen molar-refractivity contribution in [2.75, 3.05) is 24.6 Å². The summed E-state index contributed by atoms with van der Waals surface area (Å²) < 4.78 is 54.5. The van der Waals surface area contributed by atoms with Gasteiger partial charge in [-0.3, -0.25) is 4.57 Å². The van der Waals surface area contributed by atoms with E-state index in [0.29, 0.717) is 12.3 Å². The number of rotatable bonds is 7. The number of imidazole rings is 1. The summed E-state index contributed by atoms with van der Waals surface area (Å²) >= 11 is 0. The lowest BCUT2D eigenvalue weighted by molar-refractivity contribution is -0.389. The van der Waals surface area contributed by atoms with Crippen LogP contribution >= 0.6 is 0 Å².